The molecule has 2 nitrogen and oxygen atoms in total. The number of hydrogen-bond donors (Lipinski definition) is 1. The third kappa shape index (κ3) is 2.85. The van der Waals surface area contributed by atoms with Crippen molar-refractivity contribution in [3.8, 4) is 0 Å². The summed E-state index contributed by atoms with van der Waals surface area (Å²) >= 11 is 6.47. The first-order valence-corrected chi connectivity index (χ1v) is 8.25. The fourth-order valence-electron chi connectivity index (χ4n) is 1.84. The number of aromatic carboxylic acids is 1. The molecule has 3 aromatic rings. The summed E-state index contributed by atoms with van der Waals surface area (Å²) in [5.41, 5.74) is 0. The van der Waals surface area contributed by atoms with Gasteiger partial charge in [0.05, 0.1) is 0 Å². The lowest BCUT2D eigenvalue weighted by Gasteiger charge is -1.88. The second kappa shape index (κ2) is 5.52. The minimum Gasteiger partial charge on any atom is -0.477 e. The topological polar surface area (TPSA) is 37.3 Å². The zero-order valence-electron chi connectivity index (χ0n) is 10.2. The van der Waals surface area contributed by atoms with Crippen molar-refractivity contribution in [3.05, 3.63) is 55.5 Å². The normalized spacial score (nSPS) is 11.4. The molecule has 0 aliphatic heterocycles. The van der Waals surface area contributed by atoms with Gasteiger partial charge in [-0.25, -0.2) is 4.79 Å². The van der Waals surface area contributed by atoms with Gasteiger partial charge in [0.15, 0.2) is 0 Å². The van der Waals surface area contributed by atoms with Gasteiger partial charge in [-0.3, -0.25) is 0 Å². The molecule has 0 amide bonds. The van der Waals surface area contributed by atoms with E-state index in [-0.39, 0.29) is 0 Å². The SMILES string of the molecule is O=C(O)c1ccc(/C=C/c2cc3cc(Br)ccc3s2)s1. The Morgan fingerprint density at radius 3 is 2.60 bits per heavy atom. The van der Waals surface area contributed by atoms with Crippen LogP contribution in [0.5, 0.6) is 0 Å². The molecule has 0 unspecified atom stereocenters. The van der Waals surface area contributed by atoms with Crippen LogP contribution in [0.3, 0.4) is 0 Å². The highest BCUT2D eigenvalue weighted by Crippen LogP contribution is 2.30. The molecule has 3 rings (SSSR count). The first-order chi connectivity index (χ1) is 9.61. The molecular formula is C15H9BrO2S2. The van der Waals surface area contributed by atoms with E-state index in [1.54, 1.807) is 17.4 Å². The first-order valence-electron chi connectivity index (χ1n) is 5.82. The van der Waals surface area contributed by atoms with Gasteiger partial charge in [0.2, 0.25) is 0 Å². The number of carbonyl (C=O) groups is 1. The number of hydrogen-bond acceptors (Lipinski definition) is 3. The van der Waals surface area contributed by atoms with Gasteiger partial charge in [0.25, 0.3) is 0 Å². The first kappa shape index (κ1) is 13.5. The smallest absolute Gasteiger partial charge is 0.345 e. The Balaban J connectivity index is 1.87. The highest BCUT2D eigenvalue weighted by molar-refractivity contribution is 9.10. The van der Waals surface area contributed by atoms with E-state index < -0.39 is 5.97 Å². The van der Waals surface area contributed by atoms with Gasteiger partial charge in [-0.05, 0) is 53.9 Å². The van der Waals surface area contributed by atoms with Gasteiger partial charge in [0.1, 0.15) is 4.88 Å². The molecule has 20 heavy (non-hydrogen) atoms. The van der Waals surface area contributed by atoms with Crippen LogP contribution in [0.4, 0.5) is 0 Å². The van der Waals surface area contributed by atoms with E-state index in [0.717, 1.165) is 14.2 Å². The number of fused-ring (bicyclic) bond motifs is 1. The summed E-state index contributed by atoms with van der Waals surface area (Å²) in [7, 11) is 0. The lowest BCUT2D eigenvalue weighted by atomic mass is 10.2. The molecule has 1 aromatic carbocycles. The number of carboxylic acid groups (broad SMARTS) is 1. The van der Waals surface area contributed by atoms with E-state index in [4.69, 9.17) is 5.11 Å². The third-order valence-electron chi connectivity index (χ3n) is 2.75. The summed E-state index contributed by atoms with van der Waals surface area (Å²) in [6, 6.07) is 11.8. The standard InChI is InChI=1S/C15H9BrO2S2/c16-10-1-5-13-9(7-10)8-12(20-13)3-2-11-4-6-14(19-11)15(17)18/h1-8H,(H,17,18)/b3-2+. The van der Waals surface area contributed by atoms with Crippen LogP contribution in [-0.2, 0) is 0 Å². The zero-order valence-corrected chi connectivity index (χ0v) is 13.4. The van der Waals surface area contributed by atoms with E-state index >= 15 is 0 Å². The molecule has 0 saturated heterocycles. The van der Waals surface area contributed by atoms with Crippen molar-refractivity contribution >= 4 is 66.8 Å². The molecule has 2 heterocycles. The number of carboxylic acids is 1. The number of thiophene rings is 2. The summed E-state index contributed by atoms with van der Waals surface area (Å²) in [5, 5.41) is 10.1. The number of halogens is 1. The lowest BCUT2D eigenvalue weighted by Crippen LogP contribution is -1.89. The zero-order chi connectivity index (χ0) is 14.1. The van der Waals surface area contributed by atoms with Crippen LogP contribution in [0.1, 0.15) is 19.4 Å². The highest BCUT2D eigenvalue weighted by atomic mass is 79.9. The molecule has 5 heteroatoms. The van der Waals surface area contributed by atoms with Gasteiger partial charge >= 0.3 is 5.97 Å². The monoisotopic (exact) mass is 364 g/mol. The molecular weight excluding hydrogens is 356 g/mol. The van der Waals surface area contributed by atoms with E-state index in [9.17, 15) is 4.79 Å². The van der Waals surface area contributed by atoms with Gasteiger partial charge < -0.3 is 5.11 Å². The molecule has 0 atom stereocenters. The Morgan fingerprint density at radius 2 is 1.85 bits per heavy atom. The maximum atomic E-state index is 10.8. The average molecular weight is 365 g/mol. The summed E-state index contributed by atoms with van der Waals surface area (Å²) in [5.74, 6) is -0.874. The highest BCUT2D eigenvalue weighted by Gasteiger charge is 2.05. The maximum Gasteiger partial charge on any atom is 0.345 e. The number of rotatable bonds is 3. The maximum absolute atomic E-state index is 10.8. The van der Waals surface area contributed by atoms with Crippen molar-refractivity contribution < 1.29 is 9.90 Å². The molecule has 1 N–H and O–H groups in total. The van der Waals surface area contributed by atoms with E-state index in [0.29, 0.717) is 4.88 Å². The Bertz CT molecular complexity index is 814. The Hall–Kier alpha value is -1.43. The van der Waals surface area contributed by atoms with Crippen LogP contribution in [0, 0.1) is 0 Å². The predicted molar refractivity (Wildman–Crippen MR) is 89.7 cm³/mol. The molecule has 0 fully saturated rings. The van der Waals surface area contributed by atoms with E-state index in [1.807, 2.05) is 24.3 Å². The summed E-state index contributed by atoms with van der Waals surface area (Å²) in [4.78, 5) is 13.3. The van der Waals surface area contributed by atoms with Crippen LogP contribution in [0.15, 0.2) is 40.9 Å². The Labute approximate surface area is 132 Å². The van der Waals surface area contributed by atoms with Gasteiger partial charge in [-0.2, -0.15) is 0 Å². The van der Waals surface area contributed by atoms with Crippen LogP contribution in [0.25, 0.3) is 22.2 Å². The van der Waals surface area contributed by atoms with E-state index in [1.165, 1.54) is 21.4 Å². The molecule has 0 bridgehead atoms. The van der Waals surface area contributed by atoms with E-state index in [2.05, 4.69) is 34.1 Å². The van der Waals surface area contributed by atoms with Crippen molar-refractivity contribution in [2.45, 2.75) is 0 Å². The third-order valence-corrected chi connectivity index (χ3v) is 5.36. The largest absolute Gasteiger partial charge is 0.477 e. The van der Waals surface area contributed by atoms with Crippen molar-refractivity contribution in [2.24, 2.45) is 0 Å². The Morgan fingerprint density at radius 1 is 1.05 bits per heavy atom. The van der Waals surface area contributed by atoms with Crippen LogP contribution in [-0.4, -0.2) is 11.1 Å². The fraction of sp³-hybridized carbons (Fsp3) is 0. The average Bonchev–Trinajstić information content (AvgIpc) is 3.01. The lowest BCUT2D eigenvalue weighted by molar-refractivity contribution is 0.0702. The molecule has 0 saturated carbocycles. The molecule has 0 aliphatic rings. The summed E-state index contributed by atoms with van der Waals surface area (Å²) in [6.45, 7) is 0. The van der Waals surface area contributed by atoms with Gasteiger partial charge in [-0.15, -0.1) is 22.7 Å². The van der Waals surface area contributed by atoms with Crippen LogP contribution >= 0.6 is 38.6 Å². The van der Waals surface area contributed by atoms with Crippen LogP contribution < -0.4 is 0 Å². The van der Waals surface area contributed by atoms with Crippen molar-refractivity contribution in [3.63, 3.8) is 0 Å². The molecule has 0 spiro atoms. The van der Waals surface area contributed by atoms with Gasteiger partial charge in [-0.1, -0.05) is 15.9 Å². The molecule has 100 valence electrons. The van der Waals surface area contributed by atoms with Crippen LogP contribution in [0.2, 0.25) is 0 Å². The second-order valence-electron chi connectivity index (χ2n) is 4.17. The molecule has 0 radical (unpaired) electrons. The quantitative estimate of drug-likeness (QED) is 0.657. The minimum atomic E-state index is -0.874. The van der Waals surface area contributed by atoms with Gasteiger partial charge in [0, 0.05) is 18.9 Å². The number of benzene rings is 1. The molecule has 0 aliphatic carbocycles. The summed E-state index contributed by atoms with van der Waals surface area (Å²) in [6.07, 6.45) is 3.98. The fourth-order valence-corrected chi connectivity index (χ4v) is 3.91. The summed E-state index contributed by atoms with van der Waals surface area (Å²) < 4.78 is 2.31. The Kier molecular flexibility index (Phi) is 3.74. The van der Waals surface area contributed by atoms with Crippen molar-refractivity contribution in [1.29, 1.82) is 0 Å². The second-order valence-corrected chi connectivity index (χ2v) is 7.32. The predicted octanol–water partition coefficient (Wildman–Crippen LogP) is 5.59. The van der Waals surface area contributed by atoms with Crippen molar-refractivity contribution in [2.75, 3.05) is 0 Å². The van der Waals surface area contributed by atoms with Crippen molar-refractivity contribution in [1.82, 2.24) is 0 Å². The minimum absolute atomic E-state index is 0.366. The molecule has 2 aromatic heterocycles.